The zero-order valence-corrected chi connectivity index (χ0v) is 8.76. The van der Waals surface area contributed by atoms with E-state index in [2.05, 4.69) is 10.1 Å². The number of ether oxygens (including phenoxy) is 1. The molecule has 2 aromatic heterocycles. The Morgan fingerprint density at radius 3 is 3.00 bits per heavy atom. The predicted molar refractivity (Wildman–Crippen MR) is 57.0 cm³/mol. The number of hydrogen-bond donors (Lipinski definition) is 0. The molecule has 0 aliphatic carbocycles. The lowest BCUT2D eigenvalue weighted by Crippen LogP contribution is -2.08. The first-order valence-electron chi connectivity index (χ1n) is 4.57. The Labute approximate surface area is 92.5 Å². The third-order valence-electron chi connectivity index (χ3n) is 1.86. The molecule has 0 N–H and O–H groups in total. The molecule has 0 atom stereocenters. The number of rotatable bonds is 4. The molecule has 15 heavy (non-hydrogen) atoms. The summed E-state index contributed by atoms with van der Waals surface area (Å²) in [5, 5.41) is 4.44. The molecule has 78 valence electrons. The molecule has 0 radical (unpaired) electrons. The summed E-state index contributed by atoms with van der Waals surface area (Å²) >= 11 is 5.83. The van der Waals surface area contributed by atoms with Gasteiger partial charge in [0.25, 0.3) is 0 Å². The average Bonchev–Trinajstić information content (AvgIpc) is 2.74. The normalized spacial score (nSPS) is 10.2. The summed E-state index contributed by atoms with van der Waals surface area (Å²) in [4.78, 5) is 3.91. The second kappa shape index (κ2) is 4.79. The molecule has 0 amide bonds. The quantitative estimate of drug-likeness (QED) is 0.745. The Morgan fingerprint density at radius 1 is 1.33 bits per heavy atom. The van der Waals surface area contributed by atoms with Gasteiger partial charge in [0.1, 0.15) is 6.61 Å². The summed E-state index contributed by atoms with van der Waals surface area (Å²) in [5.41, 5.74) is 0. The molecule has 0 saturated heterocycles. The van der Waals surface area contributed by atoms with Crippen LogP contribution in [0.3, 0.4) is 0 Å². The van der Waals surface area contributed by atoms with Crippen molar-refractivity contribution in [3.63, 3.8) is 0 Å². The summed E-state index contributed by atoms with van der Waals surface area (Å²) < 4.78 is 7.25. The first-order valence-corrected chi connectivity index (χ1v) is 4.95. The molecule has 0 aliphatic heterocycles. The molecule has 0 aliphatic rings. The monoisotopic (exact) mass is 223 g/mol. The lowest BCUT2D eigenvalue weighted by Gasteiger charge is -2.06. The van der Waals surface area contributed by atoms with Crippen LogP contribution < -0.4 is 4.74 Å². The Balaban J connectivity index is 1.86. The Hall–Kier alpha value is -1.55. The highest BCUT2D eigenvalue weighted by Crippen LogP contribution is 2.19. The van der Waals surface area contributed by atoms with E-state index in [1.54, 1.807) is 29.2 Å². The summed E-state index contributed by atoms with van der Waals surface area (Å²) in [5.74, 6) is 0.603. The molecule has 2 aromatic rings. The van der Waals surface area contributed by atoms with Gasteiger partial charge in [-0.3, -0.25) is 4.68 Å². The molecule has 5 heteroatoms. The number of hydrogen-bond acceptors (Lipinski definition) is 3. The van der Waals surface area contributed by atoms with Crippen LogP contribution in [0.5, 0.6) is 5.75 Å². The van der Waals surface area contributed by atoms with Gasteiger partial charge in [0.2, 0.25) is 0 Å². The lowest BCUT2D eigenvalue weighted by molar-refractivity contribution is 0.290. The summed E-state index contributed by atoms with van der Waals surface area (Å²) in [6.07, 6.45) is 5.24. The van der Waals surface area contributed by atoms with Crippen molar-refractivity contribution >= 4 is 11.6 Å². The van der Waals surface area contributed by atoms with Crippen LogP contribution in [-0.2, 0) is 6.54 Å². The van der Waals surface area contributed by atoms with Gasteiger partial charge in [-0.1, -0.05) is 11.6 Å². The van der Waals surface area contributed by atoms with Crippen molar-refractivity contribution in [2.75, 3.05) is 6.61 Å². The van der Waals surface area contributed by atoms with E-state index in [9.17, 15) is 0 Å². The van der Waals surface area contributed by atoms with Gasteiger partial charge in [-0.15, -0.1) is 0 Å². The number of pyridine rings is 1. The maximum absolute atomic E-state index is 5.83. The van der Waals surface area contributed by atoms with E-state index in [1.807, 2.05) is 12.3 Å². The van der Waals surface area contributed by atoms with Crippen molar-refractivity contribution in [1.82, 2.24) is 14.8 Å². The van der Waals surface area contributed by atoms with Gasteiger partial charge in [0.15, 0.2) is 10.9 Å². The van der Waals surface area contributed by atoms with Crippen molar-refractivity contribution in [1.29, 1.82) is 0 Å². The molecule has 0 saturated carbocycles. The average molecular weight is 224 g/mol. The largest absolute Gasteiger partial charge is 0.488 e. The van der Waals surface area contributed by atoms with Crippen LogP contribution >= 0.6 is 11.6 Å². The number of halogens is 1. The Morgan fingerprint density at radius 2 is 2.27 bits per heavy atom. The predicted octanol–water partition coefficient (Wildman–Crippen LogP) is 2.01. The Kier molecular flexibility index (Phi) is 3.19. The van der Waals surface area contributed by atoms with E-state index in [-0.39, 0.29) is 0 Å². The molecular formula is C10H10ClN3O. The molecule has 2 heterocycles. The maximum Gasteiger partial charge on any atom is 0.171 e. The molecule has 0 bridgehead atoms. The molecular weight excluding hydrogens is 214 g/mol. The third-order valence-corrected chi connectivity index (χ3v) is 2.15. The van der Waals surface area contributed by atoms with Crippen LogP contribution in [0, 0.1) is 0 Å². The van der Waals surface area contributed by atoms with Crippen molar-refractivity contribution in [2.45, 2.75) is 6.54 Å². The van der Waals surface area contributed by atoms with E-state index < -0.39 is 0 Å². The number of aromatic nitrogens is 3. The van der Waals surface area contributed by atoms with E-state index in [4.69, 9.17) is 16.3 Å². The fraction of sp³-hybridized carbons (Fsp3) is 0.200. The van der Waals surface area contributed by atoms with Crippen LogP contribution in [0.2, 0.25) is 5.15 Å². The summed E-state index contributed by atoms with van der Waals surface area (Å²) in [6, 6.07) is 5.45. The zero-order valence-electron chi connectivity index (χ0n) is 8.01. The van der Waals surface area contributed by atoms with Crippen molar-refractivity contribution in [2.24, 2.45) is 0 Å². The first-order chi connectivity index (χ1) is 7.36. The van der Waals surface area contributed by atoms with Gasteiger partial charge in [0.05, 0.1) is 6.54 Å². The fourth-order valence-corrected chi connectivity index (χ4v) is 1.33. The molecule has 0 unspecified atom stereocenters. The smallest absolute Gasteiger partial charge is 0.171 e. The fourth-order valence-electron chi connectivity index (χ4n) is 1.16. The maximum atomic E-state index is 5.83. The highest BCUT2D eigenvalue weighted by Gasteiger charge is 2.00. The highest BCUT2D eigenvalue weighted by atomic mass is 35.5. The van der Waals surface area contributed by atoms with Crippen LogP contribution in [0.15, 0.2) is 36.8 Å². The minimum atomic E-state index is 0.387. The molecule has 0 aromatic carbocycles. The van der Waals surface area contributed by atoms with Gasteiger partial charge in [0, 0.05) is 18.6 Å². The number of nitrogens with zero attached hydrogens (tertiary/aromatic N) is 3. The lowest BCUT2D eigenvalue weighted by atomic mass is 10.5. The molecule has 4 nitrogen and oxygen atoms in total. The van der Waals surface area contributed by atoms with Gasteiger partial charge < -0.3 is 4.74 Å². The molecule has 0 fully saturated rings. The van der Waals surface area contributed by atoms with E-state index in [0.29, 0.717) is 24.1 Å². The summed E-state index contributed by atoms with van der Waals surface area (Å²) in [6.45, 7) is 1.21. The topological polar surface area (TPSA) is 39.9 Å². The van der Waals surface area contributed by atoms with Crippen molar-refractivity contribution in [3.05, 3.63) is 41.9 Å². The van der Waals surface area contributed by atoms with Gasteiger partial charge in [-0.25, -0.2) is 4.98 Å². The van der Waals surface area contributed by atoms with E-state index in [0.717, 1.165) is 0 Å². The first kappa shape index (κ1) is 9.98. The SMILES string of the molecule is Clc1ncccc1OCCn1cccn1. The van der Waals surface area contributed by atoms with Gasteiger partial charge in [-0.05, 0) is 18.2 Å². The van der Waals surface area contributed by atoms with Crippen LogP contribution in [0.25, 0.3) is 0 Å². The van der Waals surface area contributed by atoms with Gasteiger partial charge in [-0.2, -0.15) is 5.10 Å². The van der Waals surface area contributed by atoms with Crippen LogP contribution in [-0.4, -0.2) is 21.4 Å². The highest BCUT2D eigenvalue weighted by molar-refractivity contribution is 6.30. The summed E-state index contributed by atoms with van der Waals surface area (Å²) in [7, 11) is 0. The zero-order chi connectivity index (χ0) is 10.5. The minimum Gasteiger partial charge on any atom is -0.488 e. The standard InChI is InChI=1S/C10H10ClN3O/c11-10-9(3-1-4-12-10)15-8-7-14-6-2-5-13-14/h1-6H,7-8H2. The second-order valence-electron chi connectivity index (χ2n) is 2.91. The third kappa shape index (κ3) is 2.70. The van der Waals surface area contributed by atoms with Crippen molar-refractivity contribution in [3.8, 4) is 5.75 Å². The molecule has 2 rings (SSSR count). The Bertz CT molecular complexity index is 416. The van der Waals surface area contributed by atoms with Crippen molar-refractivity contribution < 1.29 is 4.74 Å². The molecule has 0 spiro atoms. The van der Waals surface area contributed by atoms with Crippen LogP contribution in [0.4, 0.5) is 0 Å². The minimum absolute atomic E-state index is 0.387. The van der Waals surface area contributed by atoms with E-state index >= 15 is 0 Å². The van der Waals surface area contributed by atoms with Crippen LogP contribution in [0.1, 0.15) is 0 Å². The van der Waals surface area contributed by atoms with E-state index in [1.165, 1.54) is 0 Å². The second-order valence-corrected chi connectivity index (χ2v) is 3.27. The van der Waals surface area contributed by atoms with Gasteiger partial charge >= 0.3 is 0 Å².